The minimum absolute atomic E-state index is 0.114. The standard InChI is InChI=1S/C30H49NO3/c1-3-5-7-8-9-10-11-12-13-14-15-16-17-18-19-20-21-22-24-26-30(34)31-28(27-32)29(33)25-23-6-4-2/h5,7,9-10,12-13,15-16,18-19,23,25,28-29,32-33H,3-4,6,8,11,14,17,20-22,24,26-27H2,1-2H3,(H,31,34)/b7-5-,10-9-,13-12-,16-15-,19-18-,25-23+. The highest BCUT2D eigenvalue weighted by Crippen LogP contribution is 2.06. The average molecular weight is 472 g/mol. The number of rotatable bonds is 21. The molecule has 4 heteroatoms. The summed E-state index contributed by atoms with van der Waals surface area (Å²) in [5.74, 6) is -0.114. The fourth-order valence-corrected chi connectivity index (χ4v) is 3.15. The molecular formula is C30H49NO3. The summed E-state index contributed by atoms with van der Waals surface area (Å²) in [6, 6.07) is -0.637. The summed E-state index contributed by atoms with van der Waals surface area (Å²) >= 11 is 0. The Bertz CT molecular complexity index is 643. The van der Waals surface area contributed by atoms with Crippen LogP contribution in [0.3, 0.4) is 0 Å². The van der Waals surface area contributed by atoms with Crippen molar-refractivity contribution in [3.8, 4) is 0 Å². The molecule has 0 aromatic heterocycles. The summed E-state index contributed by atoms with van der Waals surface area (Å²) in [6.07, 6.45) is 35.9. The van der Waals surface area contributed by atoms with Crippen molar-refractivity contribution in [2.75, 3.05) is 6.61 Å². The Balaban J connectivity index is 3.73. The van der Waals surface area contributed by atoms with Crippen molar-refractivity contribution in [3.05, 3.63) is 72.9 Å². The van der Waals surface area contributed by atoms with Crippen molar-refractivity contribution in [1.29, 1.82) is 0 Å². The van der Waals surface area contributed by atoms with Gasteiger partial charge in [-0.2, -0.15) is 0 Å². The molecule has 0 radical (unpaired) electrons. The predicted molar refractivity (Wildman–Crippen MR) is 147 cm³/mol. The molecule has 2 atom stereocenters. The quantitative estimate of drug-likeness (QED) is 0.126. The third kappa shape index (κ3) is 21.7. The monoisotopic (exact) mass is 471 g/mol. The van der Waals surface area contributed by atoms with Crippen LogP contribution in [-0.4, -0.2) is 34.9 Å². The third-order valence-corrected chi connectivity index (χ3v) is 5.18. The van der Waals surface area contributed by atoms with Crippen LogP contribution in [0.5, 0.6) is 0 Å². The SMILES string of the molecule is CC/C=C\C/C=C\C/C=C\C/C=C\C/C=C\CCCCCC(=O)NC(CO)C(O)/C=C/CCC. The summed E-state index contributed by atoms with van der Waals surface area (Å²) in [5.41, 5.74) is 0. The number of carbonyl (C=O) groups excluding carboxylic acids is 1. The van der Waals surface area contributed by atoms with Crippen LogP contribution in [0, 0.1) is 0 Å². The molecule has 0 aromatic rings. The number of nitrogens with one attached hydrogen (secondary N) is 1. The zero-order valence-electron chi connectivity index (χ0n) is 21.6. The summed E-state index contributed by atoms with van der Waals surface area (Å²) in [4.78, 5) is 12.0. The summed E-state index contributed by atoms with van der Waals surface area (Å²) in [6.45, 7) is 3.94. The first kappa shape index (κ1) is 31.8. The first-order chi connectivity index (χ1) is 16.7. The number of aliphatic hydroxyl groups is 2. The van der Waals surface area contributed by atoms with E-state index in [0.717, 1.165) is 70.6 Å². The van der Waals surface area contributed by atoms with Gasteiger partial charge >= 0.3 is 0 Å². The molecule has 1 amide bonds. The van der Waals surface area contributed by atoms with E-state index in [-0.39, 0.29) is 12.5 Å². The Labute approximate surface area is 208 Å². The van der Waals surface area contributed by atoms with E-state index in [1.54, 1.807) is 6.08 Å². The van der Waals surface area contributed by atoms with Gasteiger partial charge in [0.1, 0.15) is 0 Å². The second-order valence-electron chi connectivity index (χ2n) is 8.37. The molecule has 0 rings (SSSR count). The number of carbonyl (C=O) groups is 1. The molecule has 3 N–H and O–H groups in total. The van der Waals surface area contributed by atoms with E-state index in [1.165, 1.54) is 0 Å². The predicted octanol–water partition coefficient (Wildman–Crippen LogP) is 6.88. The van der Waals surface area contributed by atoms with Crippen LogP contribution in [0.2, 0.25) is 0 Å². The van der Waals surface area contributed by atoms with Crippen molar-refractivity contribution >= 4 is 5.91 Å². The smallest absolute Gasteiger partial charge is 0.220 e. The van der Waals surface area contributed by atoms with Gasteiger partial charge in [-0.05, 0) is 57.8 Å². The fraction of sp³-hybridized carbons (Fsp3) is 0.567. The topological polar surface area (TPSA) is 69.6 Å². The highest BCUT2D eigenvalue weighted by atomic mass is 16.3. The molecule has 0 heterocycles. The molecule has 0 aliphatic heterocycles. The van der Waals surface area contributed by atoms with Gasteiger partial charge in [0, 0.05) is 6.42 Å². The van der Waals surface area contributed by atoms with E-state index in [4.69, 9.17) is 0 Å². The van der Waals surface area contributed by atoms with Crippen LogP contribution in [0.25, 0.3) is 0 Å². The Morgan fingerprint density at radius 2 is 1.29 bits per heavy atom. The van der Waals surface area contributed by atoms with Gasteiger partial charge < -0.3 is 15.5 Å². The lowest BCUT2D eigenvalue weighted by molar-refractivity contribution is -0.123. The second kappa shape index (κ2) is 25.5. The fourth-order valence-electron chi connectivity index (χ4n) is 3.15. The molecule has 0 spiro atoms. The highest BCUT2D eigenvalue weighted by Gasteiger charge is 2.17. The lowest BCUT2D eigenvalue weighted by atomic mass is 10.1. The Kier molecular flexibility index (Phi) is 23.8. The van der Waals surface area contributed by atoms with Crippen molar-refractivity contribution in [2.45, 2.75) is 103 Å². The van der Waals surface area contributed by atoms with Crippen LogP contribution in [0.1, 0.15) is 90.9 Å². The summed E-state index contributed by atoms with van der Waals surface area (Å²) in [7, 11) is 0. The van der Waals surface area contributed by atoms with Gasteiger partial charge in [0.25, 0.3) is 0 Å². The van der Waals surface area contributed by atoms with Gasteiger partial charge in [-0.3, -0.25) is 4.79 Å². The number of hydrogen-bond donors (Lipinski definition) is 3. The number of unbranched alkanes of at least 4 members (excludes halogenated alkanes) is 4. The molecule has 0 aliphatic carbocycles. The maximum Gasteiger partial charge on any atom is 0.220 e. The van der Waals surface area contributed by atoms with Crippen molar-refractivity contribution in [1.82, 2.24) is 5.32 Å². The summed E-state index contributed by atoms with van der Waals surface area (Å²) in [5, 5.41) is 22.2. The lowest BCUT2D eigenvalue weighted by Crippen LogP contribution is -2.45. The van der Waals surface area contributed by atoms with Gasteiger partial charge in [0.2, 0.25) is 5.91 Å². The normalized spacial score (nSPS) is 14.6. The van der Waals surface area contributed by atoms with E-state index < -0.39 is 12.1 Å². The largest absolute Gasteiger partial charge is 0.394 e. The van der Waals surface area contributed by atoms with Gasteiger partial charge in [-0.15, -0.1) is 0 Å². The Morgan fingerprint density at radius 3 is 1.82 bits per heavy atom. The molecule has 0 saturated heterocycles. The first-order valence-electron chi connectivity index (χ1n) is 13.2. The van der Waals surface area contributed by atoms with E-state index in [2.05, 4.69) is 79.9 Å². The molecule has 0 saturated carbocycles. The molecule has 34 heavy (non-hydrogen) atoms. The van der Waals surface area contributed by atoms with Gasteiger partial charge in [0.15, 0.2) is 0 Å². The average Bonchev–Trinajstić information content (AvgIpc) is 2.84. The minimum atomic E-state index is -0.851. The van der Waals surface area contributed by atoms with E-state index >= 15 is 0 Å². The molecule has 0 aliphatic rings. The first-order valence-corrected chi connectivity index (χ1v) is 13.2. The molecule has 0 aromatic carbocycles. The van der Waals surface area contributed by atoms with Gasteiger partial charge in [0.05, 0.1) is 18.8 Å². The highest BCUT2D eigenvalue weighted by molar-refractivity contribution is 5.76. The van der Waals surface area contributed by atoms with E-state index in [9.17, 15) is 15.0 Å². The minimum Gasteiger partial charge on any atom is -0.394 e. The number of aliphatic hydroxyl groups excluding tert-OH is 2. The molecule has 192 valence electrons. The van der Waals surface area contributed by atoms with Crippen molar-refractivity contribution in [3.63, 3.8) is 0 Å². The molecule has 4 nitrogen and oxygen atoms in total. The Hall–Kier alpha value is -2.17. The maximum absolute atomic E-state index is 12.0. The zero-order chi connectivity index (χ0) is 25.1. The second-order valence-corrected chi connectivity index (χ2v) is 8.37. The Morgan fingerprint density at radius 1 is 0.735 bits per heavy atom. The zero-order valence-corrected chi connectivity index (χ0v) is 21.6. The summed E-state index contributed by atoms with van der Waals surface area (Å²) < 4.78 is 0. The van der Waals surface area contributed by atoms with Crippen LogP contribution in [0.4, 0.5) is 0 Å². The number of amides is 1. The third-order valence-electron chi connectivity index (χ3n) is 5.18. The number of hydrogen-bond acceptors (Lipinski definition) is 3. The van der Waals surface area contributed by atoms with Gasteiger partial charge in [-0.25, -0.2) is 0 Å². The lowest BCUT2D eigenvalue weighted by Gasteiger charge is -2.19. The van der Waals surface area contributed by atoms with E-state index in [1.807, 2.05) is 6.08 Å². The van der Waals surface area contributed by atoms with Crippen LogP contribution in [0.15, 0.2) is 72.9 Å². The van der Waals surface area contributed by atoms with Crippen LogP contribution in [-0.2, 0) is 4.79 Å². The maximum atomic E-state index is 12.0. The molecular weight excluding hydrogens is 422 g/mol. The van der Waals surface area contributed by atoms with Crippen LogP contribution >= 0.6 is 0 Å². The number of allylic oxidation sites excluding steroid dienone is 11. The van der Waals surface area contributed by atoms with Crippen molar-refractivity contribution < 1.29 is 15.0 Å². The van der Waals surface area contributed by atoms with Crippen molar-refractivity contribution in [2.24, 2.45) is 0 Å². The van der Waals surface area contributed by atoms with Crippen LogP contribution < -0.4 is 5.32 Å². The molecule has 0 fully saturated rings. The van der Waals surface area contributed by atoms with Gasteiger partial charge in [-0.1, -0.05) is 99.6 Å². The van der Waals surface area contributed by atoms with E-state index in [0.29, 0.717) is 6.42 Å². The molecule has 0 bridgehead atoms. The molecule has 2 unspecified atom stereocenters.